The van der Waals surface area contributed by atoms with E-state index in [9.17, 15) is 9.90 Å². The first-order chi connectivity index (χ1) is 10.5. The van der Waals surface area contributed by atoms with E-state index in [-0.39, 0.29) is 5.92 Å². The molecule has 2 unspecified atom stereocenters. The van der Waals surface area contributed by atoms with Crippen molar-refractivity contribution in [2.45, 2.75) is 58.5 Å². The second-order valence-electron chi connectivity index (χ2n) is 7.17. The van der Waals surface area contributed by atoms with Crippen LogP contribution in [0.4, 0.5) is 0 Å². The predicted molar refractivity (Wildman–Crippen MR) is 84.8 cm³/mol. The average Bonchev–Trinajstić information content (AvgIpc) is 2.88. The molecule has 3 rings (SSSR count). The van der Waals surface area contributed by atoms with E-state index in [1.165, 1.54) is 19.4 Å². The lowest BCUT2D eigenvalue weighted by Gasteiger charge is -2.35. The second-order valence-corrected chi connectivity index (χ2v) is 7.17. The van der Waals surface area contributed by atoms with E-state index in [2.05, 4.69) is 29.5 Å². The van der Waals surface area contributed by atoms with E-state index in [1.54, 1.807) is 0 Å². The normalized spacial score (nSPS) is 26.1. The molecule has 1 aromatic rings. The highest BCUT2D eigenvalue weighted by molar-refractivity contribution is 5.70. The number of carboxylic acids is 1. The molecular weight excluding hydrogens is 278 g/mol. The van der Waals surface area contributed by atoms with E-state index >= 15 is 0 Å². The highest BCUT2D eigenvalue weighted by atomic mass is 16.4. The number of aliphatic carboxylic acids is 1. The Morgan fingerprint density at radius 2 is 2.23 bits per heavy atom. The van der Waals surface area contributed by atoms with Crippen LogP contribution < -0.4 is 0 Å². The number of piperidine rings is 1. The van der Waals surface area contributed by atoms with Gasteiger partial charge in [-0.2, -0.15) is 0 Å². The highest BCUT2D eigenvalue weighted by Gasteiger charge is 2.27. The van der Waals surface area contributed by atoms with Crippen molar-refractivity contribution in [1.29, 1.82) is 0 Å². The molecule has 0 aromatic carbocycles. The fraction of sp³-hybridized carbons (Fsp3) is 0.765. The third-order valence-electron chi connectivity index (χ3n) is 5.18. The Bertz CT molecular complexity index is 538. The van der Waals surface area contributed by atoms with Crippen LogP contribution in [0.3, 0.4) is 0 Å². The summed E-state index contributed by atoms with van der Waals surface area (Å²) in [5.74, 6) is 0.707. The summed E-state index contributed by atoms with van der Waals surface area (Å²) in [6.07, 6.45) is 7.05. The van der Waals surface area contributed by atoms with Crippen molar-refractivity contribution in [3.8, 4) is 0 Å². The van der Waals surface area contributed by atoms with E-state index in [4.69, 9.17) is 4.98 Å². The molecule has 5 heteroatoms. The van der Waals surface area contributed by atoms with E-state index in [1.807, 2.05) is 0 Å². The van der Waals surface area contributed by atoms with Gasteiger partial charge in [0.25, 0.3) is 0 Å². The Labute approximate surface area is 132 Å². The van der Waals surface area contributed by atoms with Crippen LogP contribution in [-0.2, 0) is 24.2 Å². The van der Waals surface area contributed by atoms with Crippen molar-refractivity contribution in [3.05, 3.63) is 17.7 Å². The second kappa shape index (κ2) is 6.41. The third-order valence-corrected chi connectivity index (χ3v) is 5.18. The number of aryl methyl sites for hydroxylation is 1. The quantitative estimate of drug-likeness (QED) is 0.926. The van der Waals surface area contributed by atoms with Crippen LogP contribution in [0.25, 0.3) is 0 Å². The summed E-state index contributed by atoms with van der Waals surface area (Å²) < 4.78 is 2.16. The van der Waals surface area contributed by atoms with Crippen molar-refractivity contribution in [2.75, 3.05) is 13.1 Å². The fourth-order valence-electron chi connectivity index (χ4n) is 3.82. The molecule has 0 amide bonds. The molecule has 0 radical (unpaired) electrons. The number of carbonyl (C=O) groups is 1. The fourth-order valence-corrected chi connectivity index (χ4v) is 3.82. The standard InChI is InChI=1S/C17H27N3O2/c1-12(2)19-6-3-4-13(10-19)8-15-11-20-7-5-14(17(21)22)9-16(20)18-15/h11-14H,3-10H2,1-2H3,(H,21,22). The first-order valence-corrected chi connectivity index (χ1v) is 8.54. The predicted octanol–water partition coefficient (Wildman–Crippen LogP) is 2.19. The zero-order chi connectivity index (χ0) is 15.7. The maximum Gasteiger partial charge on any atom is 0.307 e. The van der Waals surface area contributed by atoms with Gasteiger partial charge in [-0.15, -0.1) is 0 Å². The lowest BCUT2D eigenvalue weighted by Crippen LogP contribution is -2.40. The van der Waals surface area contributed by atoms with Gasteiger partial charge in [-0.3, -0.25) is 4.79 Å². The van der Waals surface area contributed by atoms with Crippen molar-refractivity contribution in [1.82, 2.24) is 14.5 Å². The smallest absolute Gasteiger partial charge is 0.307 e. The number of fused-ring (bicyclic) bond motifs is 1. The summed E-state index contributed by atoms with van der Waals surface area (Å²) in [4.78, 5) is 18.4. The van der Waals surface area contributed by atoms with Crippen LogP contribution in [0.1, 0.15) is 44.6 Å². The van der Waals surface area contributed by atoms with Crippen molar-refractivity contribution in [3.63, 3.8) is 0 Å². The van der Waals surface area contributed by atoms with Crippen LogP contribution >= 0.6 is 0 Å². The van der Waals surface area contributed by atoms with Gasteiger partial charge in [-0.25, -0.2) is 4.98 Å². The van der Waals surface area contributed by atoms with E-state index < -0.39 is 5.97 Å². The maximum absolute atomic E-state index is 11.1. The molecule has 2 aliphatic heterocycles. The van der Waals surface area contributed by atoms with Crippen LogP contribution in [0, 0.1) is 11.8 Å². The van der Waals surface area contributed by atoms with Gasteiger partial charge in [0.1, 0.15) is 5.82 Å². The molecule has 0 aliphatic carbocycles. The Morgan fingerprint density at radius 3 is 2.95 bits per heavy atom. The highest BCUT2D eigenvalue weighted by Crippen LogP contribution is 2.25. The molecule has 0 saturated carbocycles. The molecular formula is C17H27N3O2. The van der Waals surface area contributed by atoms with Gasteiger partial charge in [0, 0.05) is 31.7 Å². The van der Waals surface area contributed by atoms with Gasteiger partial charge in [-0.1, -0.05) is 0 Å². The van der Waals surface area contributed by atoms with Crippen molar-refractivity contribution in [2.24, 2.45) is 11.8 Å². The first kappa shape index (κ1) is 15.5. The molecule has 1 N–H and O–H groups in total. The average molecular weight is 305 g/mol. The zero-order valence-electron chi connectivity index (χ0n) is 13.7. The lowest BCUT2D eigenvalue weighted by molar-refractivity contribution is -0.142. The molecule has 22 heavy (non-hydrogen) atoms. The molecule has 1 fully saturated rings. The van der Waals surface area contributed by atoms with Crippen LogP contribution in [0.2, 0.25) is 0 Å². The van der Waals surface area contributed by atoms with Gasteiger partial charge in [0.2, 0.25) is 0 Å². The molecule has 0 spiro atoms. The monoisotopic (exact) mass is 305 g/mol. The van der Waals surface area contributed by atoms with E-state index in [0.29, 0.717) is 18.4 Å². The van der Waals surface area contributed by atoms with Gasteiger partial charge in [0.05, 0.1) is 11.6 Å². The Kier molecular flexibility index (Phi) is 4.52. The third kappa shape index (κ3) is 3.35. The topological polar surface area (TPSA) is 58.4 Å². The first-order valence-electron chi connectivity index (χ1n) is 8.54. The molecule has 2 atom stereocenters. The summed E-state index contributed by atoms with van der Waals surface area (Å²) in [6.45, 7) is 7.71. The van der Waals surface area contributed by atoms with Crippen molar-refractivity contribution < 1.29 is 9.90 Å². The number of hydrogen-bond acceptors (Lipinski definition) is 3. The molecule has 2 aliphatic rings. The zero-order valence-corrected chi connectivity index (χ0v) is 13.7. The molecule has 0 bridgehead atoms. The van der Waals surface area contributed by atoms with Gasteiger partial charge in [0.15, 0.2) is 0 Å². The molecule has 1 saturated heterocycles. The SMILES string of the molecule is CC(C)N1CCCC(Cc2cn3c(n2)CC(C(=O)O)CC3)C1. The summed E-state index contributed by atoms with van der Waals surface area (Å²) >= 11 is 0. The summed E-state index contributed by atoms with van der Waals surface area (Å²) in [7, 11) is 0. The Hall–Kier alpha value is -1.36. The number of imidazole rings is 1. The Morgan fingerprint density at radius 1 is 1.41 bits per heavy atom. The summed E-state index contributed by atoms with van der Waals surface area (Å²) in [5.41, 5.74) is 1.15. The van der Waals surface area contributed by atoms with Crippen LogP contribution in [0.5, 0.6) is 0 Å². The lowest BCUT2D eigenvalue weighted by atomic mass is 9.93. The minimum Gasteiger partial charge on any atom is -0.481 e. The van der Waals surface area contributed by atoms with Gasteiger partial charge < -0.3 is 14.6 Å². The number of hydrogen-bond donors (Lipinski definition) is 1. The number of rotatable bonds is 4. The van der Waals surface area contributed by atoms with Gasteiger partial charge >= 0.3 is 5.97 Å². The van der Waals surface area contributed by atoms with Gasteiger partial charge in [-0.05, 0) is 52.0 Å². The molecule has 122 valence electrons. The van der Waals surface area contributed by atoms with Crippen LogP contribution in [-0.4, -0.2) is 44.7 Å². The van der Waals surface area contributed by atoms with Crippen LogP contribution in [0.15, 0.2) is 6.20 Å². The number of aromatic nitrogens is 2. The maximum atomic E-state index is 11.1. The molecule has 1 aromatic heterocycles. The molecule has 3 heterocycles. The summed E-state index contributed by atoms with van der Waals surface area (Å²) in [5, 5.41) is 9.17. The largest absolute Gasteiger partial charge is 0.481 e. The van der Waals surface area contributed by atoms with E-state index in [0.717, 1.165) is 37.4 Å². The van der Waals surface area contributed by atoms with Crippen molar-refractivity contribution >= 4 is 5.97 Å². The minimum atomic E-state index is -0.685. The number of likely N-dealkylation sites (tertiary alicyclic amines) is 1. The number of nitrogens with zero attached hydrogens (tertiary/aromatic N) is 3. The molecule has 5 nitrogen and oxygen atoms in total. The summed E-state index contributed by atoms with van der Waals surface area (Å²) in [6, 6.07) is 0.620. The Balaban J connectivity index is 1.63. The minimum absolute atomic E-state index is 0.256. The number of carboxylic acid groups (broad SMARTS) is 1.